The zero-order valence-electron chi connectivity index (χ0n) is 26.5. The molecule has 1 N–H and O–H groups in total. The maximum atomic E-state index is 14.7. The van der Waals surface area contributed by atoms with Gasteiger partial charge in [-0.05, 0) is 79.8 Å². The minimum absolute atomic E-state index is 0.00659. The third-order valence-electron chi connectivity index (χ3n) is 8.75. The Bertz CT molecular complexity index is 1790. The summed E-state index contributed by atoms with van der Waals surface area (Å²) in [6.07, 6.45) is 3.99. The first-order valence-electron chi connectivity index (χ1n) is 15.8. The molecule has 47 heavy (non-hydrogen) atoms. The lowest BCUT2D eigenvalue weighted by molar-refractivity contribution is -0.140. The molecule has 0 bridgehead atoms. The molecule has 0 spiro atoms. The zero-order chi connectivity index (χ0) is 33.6. The summed E-state index contributed by atoms with van der Waals surface area (Å²) in [5.74, 6) is -0.873. The molecule has 4 aromatic carbocycles. The predicted molar refractivity (Wildman–Crippen MR) is 188 cm³/mol. The van der Waals surface area contributed by atoms with Crippen LogP contribution < -0.4 is 9.62 Å². The smallest absolute Gasteiger partial charge is 0.264 e. The molecule has 1 atom stereocenters. The van der Waals surface area contributed by atoms with E-state index in [1.54, 1.807) is 48.5 Å². The normalized spacial score (nSPS) is 14.0. The van der Waals surface area contributed by atoms with Crippen LogP contribution in [0.3, 0.4) is 0 Å². The number of halogens is 2. The molecule has 0 heterocycles. The lowest BCUT2D eigenvalue weighted by atomic mass is 10.0. The number of nitrogens with zero attached hydrogens (tertiary/aromatic N) is 2. The Morgan fingerprint density at radius 1 is 0.830 bits per heavy atom. The van der Waals surface area contributed by atoms with Crippen LogP contribution in [0, 0.1) is 13.8 Å². The molecule has 2 amide bonds. The summed E-state index contributed by atoms with van der Waals surface area (Å²) in [5, 5.41) is 3.85. The molecule has 7 nitrogen and oxygen atoms in total. The van der Waals surface area contributed by atoms with E-state index in [4.69, 9.17) is 23.2 Å². The summed E-state index contributed by atoms with van der Waals surface area (Å²) >= 11 is 13.2. The Hall–Kier alpha value is -3.85. The Labute approximate surface area is 287 Å². The summed E-state index contributed by atoms with van der Waals surface area (Å²) in [6.45, 7) is 3.18. The van der Waals surface area contributed by atoms with Crippen LogP contribution >= 0.6 is 23.2 Å². The highest BCUT2D eigenvalue weighted by atomic mass is 35.5. The molecule has 1 aliphatic carbocycles. The number of rotatable bonds is 12. The average Bonchev–Trinajstić information content (AvgIpc) is 3.58. The van der Waals surface area contributed by atoms with Crippen LogP contribution in [0.2, 0.25) is 10.0 Å². The predicted octanol–water partition coefficient (Wildman–Crippen LogP) is 7.50. The molecular formula is C37H39Cl2N3O4S. The number of anilines is 1. The van der Waals surface area contributed by atoms with Gasteiger partial charge in [-0.3, -0.25) is 13.9 Å². The van der Waals surface area contributed by atoms with Crippen LogP contribution in [-0.4, -0.2) is 43.8 Å². The van der Waals surface area contributed by atoms with Crippen molar-refractivity contribution in [2.45, 2.75) is 69.5 Å². The Kier molecular flexibility index (Phi) is 11.3. The second-order valence-electron chi connectivity index (χ2n) is 12.0. The first-order chi connectivity index (χ1) is 22.5. The van der Waals surface area contributed by atoms with E-state index in [2.05, 4.69) is 5.32 Å². The third kappa shape index (κ3) is 8.36. The summed E-state index contributed by atoms with van der Waals surface area (Å²) in [4.78, 5) is 30.4. The molecule has 1 aliphatic rings. The van der Waals surface area contributed by atoms with Gasteiger partial charge in [0.25, 0.3) is 10.0 Å². The third-order valence-corrected chi connectivity index (χ3v) is 11.2. The van der Waals surface area contributed by atoms with Gasteiger partial charge in [-0.1, -0.05) is 96.7 Å². The van der Waals surface area contributed by atoms with Gasteiger partial charge in [-0.25, -0.2) is 8.42 Å². The molecule has 0 unspecified atom stereocenters. The van der Waals surface area contributed by atoms with Crippen molar-refractivity contribution in [2.75, 3.05) is 10.8 Å². The van der Waals surface area contributed by atoms with Gasteiger partial charge in [0.05, 0.1) is 10.6 Å². The average molecular weight is 693 g/mol. The summed E-state index contributed by atoms with van der Waals surface area (Å²) < 4.78 is 29.5. The highest BCUT2D eigenvalue weighted by Crippen LogP contribution is 2.30. The number of sulfonamides is 1. The monoisotopic (exact) mass is 691 g/mol. The van der Waals surface area contributed by atoms with E-state index in [-0.39, 0.29) is 29.8 Å². The number of hydrogen-bond donors (Lipinski definition) is 1. The highest BCUT2D eigenvalue weighted by Gasteiger charge is 2.36. The van der Waals surface area contributed by atoms with Crippen molar-refractivity contribution in [2.24, 2.45) is 0 Å². The maximum Gasteiger partial charge on any atom is 0.264 e. The van der Waals surface area contributed by atoms with E-state index in [1.807, 2.05) is 50.2 Å². The molecule has 0 aliphatic heterocycles. The first-order valence-corrected chi connectivity index (χ1v) is 18.0. The van der Waals surface area contributed by atoms with E-state index in [0.717, 1.165) is 46.7 Å². The van der Waals surface area contributed by atoms with Crippen molar-refractivity contribution < 1.29 is 18.0 Å². The molecule has 0 aromatic heterocycles. The molecular weight excluding hydrogens is 653 g/mol. The van der Waals surface area contributed by atoms with E-state index in [0.29, 0.717) is 21.3 Å². The van der Waals surface area contributed by atoms with Crippen LogP contribution in [0.25, 0.3) is 0 Å². The Morgan fingerprint density at radius 3 is 2.06 bits per heavy atom. The molecule has 1 saturated carbocycles. The van der Waals surface area contributed by atoms with Crippen LogP contribution in [0.15, 0.2) is 102 Å². The number of hydrogen-bond acceptors (Lipinski definition) is 4. The van der Waals surface area contributed by atoms with Crippen LogP contribution in [0.5, 0.6) is 0 Å². The van der Waals surface area contributed by atoms with E-state index < -0.39 is 28.5 Å². The van der Waals surface area contributed by atoms with Crippen molar-refractivity contribution in [3.05, 3.63) is 129 Å². The van der Waals surface area contributed by atoms with Gasteiger partial charge in [0.2, 0.25) is 11.8 Å². The zero-order valence-corrected chi connectivity index (χ0v) is 28.9. The fourth-order valence-corrected chi connectivity index (χ4v) is 7.85. The summed E-state index contributed by atoms with van der Waals surface area (Å²) in [5.41, 5.74) is 3.53. The van der Waals surface area contributed by atoms with E-state index in [9.17, 15) is 18.0 Å². The number of benzene rings is 4. The molecule has 0 radical (unpaired) electrons. The first kappa shape index (κ1) is 34.5. The van der Waals surface area contributed by atoms with Crippen molar-refractivity contribution in [3.63, 3.8) is 0 Å². The van der Waals surface area contributed by atoms with Gasteiger partial charge in [0, 0.05) is 34.6 Å². The number of carbonyl (C=O) groups excluding carboxylic acids is 2. The van der Waals surface area contributed by atoms with Crippen molar-refractivity contribution >= 4 is 50.7 Å². The number of aryl methyl sites for hydroxylation is 2. The maximum absolute atomic E-state index is 14.7. The van der Waals surface area contributed by atoms with Gasteiger partial charge in [-0.2, -0.15) is 0 Å². The van der Waals surface area contributed by atoms with E-state index in [1.165, 1.54) is 17.0 Å². The number of carbonyl (C=O) groups is 2. The standard InChI is InChI=1S/C37H39Cl2N3O4S/c1-26-20-21-30(22-27(26)2)42(47(45,46)31-16-7-4-8-17-31)25-36(43)41(24-32-33(38)18-11-19-34(32)39)35(23-28-12-5-3-6-13-28)37(44)40-29-14-9-10-15-29/h3-8,11-13,16-22,29,35H,9-10,14-15,23-25H2,1-2H3,(H,40,44)/t35-/m0/s1. The molecule has 0 saturated heterocycles. The second kappa shape index (κ2) is 15.4. The van der Waals surface area contributed by atoms with Gasteiger partial charge in [-0.15, -0.1) is 0 Å². The van der Waals surface area contributed by atoms with Crippen molar-refractivity contribution in [3.8, 4) is 0 Å². The van der Waals surface area contributed by atoms with Crippen LogP contribution in [0.1, 0.15) is 47.9 Å². The molecule has 10 heteroatoms. The van der Waals surface area contributed by atoms with Gasteiger partial charge >= 0.3 is 0 Å². The van der Waals surface area contributed by atoms with Gasteiger partial charge in [0.1, 0.15) is 12.6 Å². The minimum atomic E-state index is -4.19. The largest absolute Gasteiger partial charge is 0.352 e. The molecule has 246 valence electrons. The number of nitrogens with one attached hydrogen (secondary N) is 1. The van der Waals surface area contributed by atoms with Crippen molar-refractivity contribution in [1.29, 1.82) is 0 Å². The highest BCUT2D eigenvalue weighted by molar-refractivity contribution is 7.92. The van der Waals surface area contributed by atoms with Gasteiger partial charge < -0.3 is 10.2 Å². The lowest BCUT2D eigenvalue weighted by Gasteiger charge is -2.34. The SMILES string of the molecule is Cc1ccc(N(CC(=O)N(Cc2c(Cl)cccc2Cl)[C@@H](Cc2ccccc2)C(=O)NC2CCCC2)S(=O)(=O)c2ccccc2)cc1C. The quantitative estimate of drug-likeness (QED) is 0.167. The second-order valence-corrected chi connectivity index (χ2v) is 14.7. The Morgan fingerprint density at radius 2 is 1.45 bits per heavy atom. The lowest BCUT2D eigenvalue weighted by Crippen LogP contribution is -2.54. The fraction of sp³-hybridized carbons (Fsp3) is 0.297. The van der Waals surface area contributed by atoms with Gasteiger partial charge in [0.15, 0.2) is 0 Å². The molecule has 5 rings (SSSR count). The molecule has 4 aromatic rings. The summed E-state index contributed by atoms with van der Waals surface area (Å²) in [6, 6.07) is 26.9. The van der Waals surface area contributed by atoms with Crippen LogP contribution in [-0.2, 0) is 32.6 Å². The Balaban J connectivity index is 1.60. The van der Waals surface area contributed by atoms with Crippen LogP contribution in [0.4, 0.5) is 5.69 Å². The molecule has 1 fully saturated rings. The minimum Gasteiger partial charge on any atom is -0.352 e. The fourth-order valence-electron chi connectivity index (χ4n) is 5.90. The van der Waals surface area contributed by atoms with Crippen molar-refractivity contribution in [1.82, 2.24) is 10.2 Å². The van der Waals surface area contributed by atoms with E-state index >= 15 is 0 Å². The topological polar surface area (TPSA) is 86.8 Å². The summed E-state index contributed by atoms with van der Waals surface area (Å²) in [7, 11) is -4.19. The number of amides is 2.